The van der Waals surface area contributed by atoms with Gasteiger partial charge in [0.2, 0.25) is 0 Å². The molecule has 0 fully saturated rings. The van der Waals surface area contributed by atoms with E-state index in [1.54, 1.807) is 16.7 Å². The molecule has 3 nitrogen and oxygen atoms in total. The summed E-state index contributed by atoms with van der Waals surface area (Å²) >= 11 is 0. The maximum atomic E-state index is 6.60. The van der Waals surface area contributed by atoms with Gasteiger partial charge in [-0.25, -0.2) is 0 Å². The smallest absolute Gasteiger partial charge is 0.135 e. The molecule has 11 rings (SSSR count). The molecule has 2 heterocycles. The quantitative estimate of drug-likeness (QED) is 0.238. The van der Waals surface area contributed by atoms with E-state index < -0.39 is 0 Å². The SMILES string of the molecule is CC1(C2=CC=C(N(C3=CCC(C4C=c5oc6ccccc6c5=CC4)C=C3)C3(C)C=CC(c4ccc5c(c4)OC4(C)C=CC=CC54)=CC3)CC2)CC=C(C2=CCCCC2)CC1. The number of nitrogens with zero attached hydrogens (tertiary/aromatic N) is 1. The number of hydrogen-bond donors (Lipinski definition) is 0. The first-order chi connectivity index (χ1) is 29.3. The van der Waals surface area contributed by atoms with Crippen LogP contribution in [0.2, 0.25) is 0 Å². The Labute approximate surface area is 356 Å². The first-order valence-corrected chi connectivity index (χ1v) is 23.0. The van der Waals surface area contributed by atoms with Gasteiger partial charge in [0.05, 0.1) is 5.54 Å². The minimum atomic E-state index is -0.307. The first kappa shape index (κ1) is 37.7. The van der Waals surface area contributed by atoms with Crippen LogP contribution >= 0.6 is 0 Å². The minimum absolute atomic E-state index is 0.205. The third-order valence-electron chi connectivity index (χ3n) is 15.5. The van der Waals surface area contributed by atoms with Crippen molar-refractivity contribution in [1.29, 1.82) is 0 Å². The van der Waals surface area contributed by atoms with E-state index in [2.05, 4.69) is 165 Å². The van der Waals surface area contributed by atoms with Crippen molar-refractivity contribution in [3.8, 4) is 5.75 Å². The van der Waals surface area contributed by atoms with Crippen molar-refractivity contribution in [2.24, 2.45) is 17.3 Å². The lowest BCUT2D eigenvalue weighted by atomic mass is 9.68. The summed E-state index contributed by atoms with van der Waals surface area (Å²) in [6.07, 6.45) is 52.5. The fraction of sp³-hybridized carbons (Fsp3) is 0.368. The van der Waals surface area contributed by atoms with Crippen LogP contribution in [0.15, 0.2) is 160 Å². The van der Waals surface area contributed by atoms with Crippen molar-refractivity contribution < 1.29 is 9.15 Å². The molecule has 7 aliphatic carbocycles. The Morgan fingerprint density at radius 2 is 1.65 bits per heavy atom. The van der Waals surface area contributed by atoms with Crippen molar-refractivity contribution in [3.05, 3.63) is 177 Å². The molecule has 6 atom stereocenters. The van der Waals surface area contributed by atoms with E-state index in [4.69, 9.17) is 9.15 Å². The molecular formula is C57H59NO2. The summed E-state index contributed by atoms with van der Waals surface area (Å²) in [6.45, 7) is 7.17. The second-order valence-corrected chi connectivity index (χ2v) is 19.5. The van der Waals surface area contributed by atoms with E-state index in [1.807, 2.05) is 0 Å². The van der Waals surface area contributed by atoms with Crippen molar-refractivity contribution >= 4 is 28.7 Å². The van der Waals surface area contributed by atoms with E-state index in [0.29, 0.717) is 11.8 Å². The van der Waals surface area contributed by atoms with Crippen LogP contribution in [-0.4, -0.2) is 16.0 Å². The van der Waals surface area contributed by atoms with E-state index in [0.717, 1.165) is 55.3 Å². The van der Waals surface area contributed by atoms with Crippen molar-refractivity contribution in [2.75, 3.05) is 0 Å². The van der Waals surface area contributed by atoms with Gasteiger partial charge in [0.25, 0.3) is 0 Å². The lowest BCUT2D eigenvalue weighted by molar-refractivity contribution is 0.155. The van der Waals surface area contributed by atoms with Crippen LogP contribution in [0.3, 0.4) is 0 Å². The van der Waals surface area contributed by atoms with E-state index in [-0.39, 0.29) is 22.5 Å². The molecule has 2 aromatic carbocycles. The van der Waals surface area contributed by atoms with Crippen LogP contribution < -0.4 is 15.4 Å². The molecule has 0 N–H and O–H groups in total. The summed E-state index contributed by atoms with van der Waals surface area (Å²) in [5.41, 5.74) is 13.2. The summed E-state index contributed by atoms with van der Waals surface area (Å²) in [5.74, 6) is 2.13. The molecule has 0 saturated heterocycles. The van der Waals surface area contributed by atoms with E-state index in [1.165, 1.54) is 77.2 Å². The van der Waals surface area contributed by atoms with Crippen molar-refractivity contribution in [3.63, 3.8) is 0 Å². The average Bonchev–Trinajstić information content (AvgIpc) is 3.81. The molecular weight excluding hydrogens is 731 g/mol. The highest BCUT2D eigenvalue weighted by molar-refractivity contribution is 5.79. The predicted octanol–water partition coefficient (Wildman–Crippen LogP) is 13.2. The van der Waals surface area contributed by atoms with Crippen LogP contribution in [0.5, 0.6) is 5.75 Å². The van der Waals surface area contributed by atoms with Gasteiger partial charge in [0.1, 0.15) is 22.3 Å². The molecule has 1 aromatic heterocycles. The Bertz CT molecular complexity index is 2720. The lowest BCUT2D eigenvalue weighted by Crippen LogP contribution is -2.44. The highest BCUT2D eigenvalue weighted by Crippen LogP contribution is 2.50. The number of ether oxygens (including phenoxy) is 1. The van der Waals surface area contributed by atoms with Crippen molar-refractivity contribution in [1.82, 2.24) is 4.90 Å². The number of rotatable bonds is 7. The third-order valence-corrected chi connectivity index (χ3v) is 15.5. The summed E-state index contributed by atoms with van der Waals surface area (Å²) < 4.78 is 12.9. The van der Waals surface area contributed by atoms with Gasteiger partial charge in [-0.1, -0.05) is 116 Å². The van der Waals surface area contributed by atoms with Gasteiger partial charge in [-0.3, -0.25) is 0 Å². The fourth-order valence-electron chi connectivity index (χ4n) is 11.7. The molecule has 8 aliphatic rings. The maximum Gasteiger partial charge on any atom is 0.135 e. The summed E-state index contributed by atoms with van der Waals surface area (Å²) in [7, 11) is 0. The minimum Gasteiger partial charge on any atom is -0.482 e. The molecule has 0 bridgehead atoms. The Morgan fingerprint density at radius 3 is 2.43 bits per heavy atom. The lowest BCUT2D eigenvalue weighted by Gasteiger charge is -2.46. The first-order valence-electron chi connectivity index (χ1n) is 23.0. The number of fused-ring (bicyclic) bond motifs is 6. The molecule has 0 spiro atoms. The fourth-order valence-corrected chi connectivity index (χ4v) is 11.7. The standard InChI is InChI=1S/C57H59NO2/c1-55(33-28-41(29-34-55)39-11-5-4-6-12-39)45-20-24-47(25-21-45)58(46-22-16-40(17-23-46)43-18-26-49-48-13-7-8-15-52(48)59-53(49)37-43)56(2)35-30-42(31-36-56)44-19-27-50-51-14-9-10-32-57(51,3)60-54(50)38-44/h7-11,13-16,19-20,22-24,26-28,30-32,35,37-38,40,43,51H,4-6,12,17-18,21,25,29,33-34,36H2,1-3H3. The number of hydrogen-bond acceptors (Lipinski definition) is 3. The summed E-state index contributed by atoms with van der Waals surface area (Å²) in [6, 6.07) is 15.3. The van der Waals surface area contributed by atoms with Gasteiger partial charge in [-0.05, 0) is 167 Å². The molecule has 304 valence electrons. The van der Waals surface area contributed by atoms with Gasteiger partial charge < -0.3 is 14.1 Å². The number of allylic oxidation sites excluding steroid dienone is 15. The van der Waals surface area contributed by atoms with Gasteiger partial charge in [0, 0.05) is 33.5 Å². The molecule has 1 aliphatic heterocycles. The number of furan rings is 1. The Hall–Kier alpha value is -5.28. The van der Waals surface area contributed by atoms with Crippen LogP contribution in [0.4, 0.5) is 0 Å². The number of para-hydroxylation sites is 1. The van der Waals surface area contributed by atoms with Gasteiger partial charge in [0.15, 0.2) is 0 Å². The molecule has 6 unspecified atom stereocenters. The largest absolute Gasteiger partial charge is 0.482 e. The third kappa shape index (κ3) is 6.55. The molecule has 0 saturated carbocycles. The Morgan fingerprint density at radius 1 is 0.750 bits per heavy atom. The maximum absolute atomic E-state index is 6.60. The van der Waals surface area contributed by atoms with Crippen LogP contribution in [0, 0.1) is 17.3 Å². The molecule has 0 amide bonds. The molecule has 0 radical (unpaired) electrons. The normalized spacial score (nSPS) is 31.6. The van der Waals surface area contributed by atoms with Crippen LogP contribution in [0.1, 0.15) is 115 Å². The highest BCUT2D eigenvalue weighted by atomic mass is 16.5. The predicted molar refractivity (Wildman–Crippen MR) is 248 cm³/mol. The van der Waals surface area contributed by atoms with Gasteiger partial charge in [-0.15, -0.1) is 0 Å². The van der Waals surface area contributed by atoms with Gasteiger partial charge >= 0.3 is 0 Å². The second kappa shape index (κ2) is 14.7. The molecule has 60 heavy (non-hydrogen) atoms. The van der Waals surface area contributed by atoms with Gasteiger partial charge in [-0.2, -0.15) is 0 Å². The van der Waals surface area contributed by atoms with Crippen LogP contribution in [-0.2, 0) is 0 Å². The Kier molecular flexibility index (Phi) is 9.25. The second-order valence-electron chi connectivity index (χ2n) is 19.5. The average molecular weight is 790 g/mol. The van der Waals surface area contributed by atoms with Crippen LogP contribution in [0.25, 0.3) is 28.7 Å². The monoisotopic (exact) mass is 789 g/mol. The number of benzene rings is 2. The topological polar surface area (TPSA) is 25.6 Å². The summed E-state index contributed by atoms with van der Waals surface area (Å²) in [4.78, 5) is 2.69. The van der Waals surface area contributed by atoms with E-state index in [9.17, 15) is 0 Å². The molecule has 3 heteroatoms. The van der Waals surface area contributed by atoms with Crippen molar-refractivity contribution in [2.45, 2.75) is 115 Å². The van der Waals surface area contributed by atoms with E-state index >= 15 is 0 Å². The zero-order chi connectivity index (χ0) is 40.5. The molecule has 3 aromatic rings. The zero-order valence-electron chi connectivity index (χ0n) is 35.8. The Balaban J connectivity index is 0.872. The zero-order valence-corrected chi connectivity index (χ0v) is 35.8. The summed E-state index contributed by atoms with van der Waals surface area (Å²) in [5, 5.41) is 2.49. The highest BCUT2D eigenvalue weighted by Gasteiger charge is 2.43.